The van der Waals surface area contributed by atoms with Gasteiger partial charge >= 0.3 is 0 Å². The lowest BCUT2D eigenvalue weighted by atomic mass is 10.0. The number of carbonyl (C=O) groups is 1. The van der Waals surface area contributed by atoms with Crippen molar-refractivity contribution in [1.29, 1.82) is 0 Å². The molecule has 0 fully saturated rings. The molecule has 2 aromatic carbocycles. The van der Waals surface area contributed by atoms with E-state index in [0.29, 0.717) is 11.3 Å². The predicted molar refractivity (Wildman–Crippen MR) is 73.5 cm³/mol. The van der Waals surface area contributed by atoms with E-state index in [9.17, 15) is 9.90 Å². The first kappa shape index (κ1) is 13.0. The summed E-state index contributed by atoms with van der Waals surface area (Å²) in [6.07, 6.45) is 0. The van der Waals surface area contributed by atoms with Crippen LogP contribution in [0.4, 0.5) is 0 Å². The maximum Gasteiger partial charge on any atom is 0.251 e. The SMILES string of the molecule is CNC(=O)c1cccc(-c2ccc(O)c(OC)c2)c1. The molecule has 0 aliphatic carbocycles. The third kappa shape index (κ3) is 2.68. The van der Waals surface area contributed by atoms with Crippen LogP contribution in [0.1, 0.15) is 10.4 Å². The number of phenols is 1. The van der Waals surface area contributed by atoms with Crippen molar-refractivity contribution in [1.82, 2.24) is 5.32 Å². The van der Waals surface area contributed by atoms with Gasteiger partial charge in [-0.2, -0.15) is 0 Å². The first-order chi connectivity index (χ1) is 9.15. The van der Waals surface area contributed by atoms with Gasteiger partial charge in [0.1, 0.15) is 0 Å². The summed E-state index contributed by atoms with van der Waals surface area (Å²) >= 11 is 0. The minimum absolute atomic E-state index is 0.0914. The molecule has 19 heavy (non-hydrogen) atoms. The molecule has 2 rings (SSSR count). The summed E-state index contributed by atoms with van der Waals surface area (Å²) in [5.74, 6) is 0.365. The molecule has 0 aliphatic heterocycles. The molecule has 0 unspecified atom stereocenters. The van der Waals surface area contributed by atoms with Gasteiger partial charge in [-0.25, -0.2) is 0 Å². The normalized spacial score (nSPS) is 10.0. The van der Waals surface area contributed by atoms with Crippen molar-refractivity contribution in [2.75, 3.05) is 14.2 Å². The highest BCUT2D eigenvalue weighted by atomic mass is 16.5. The largest absolute Gasteiger partial charge is 0.504 e. The van der Waals surface area contributed by atoms with Crippen LogP contribution in [0.5, 0.6) is 11.5 Å². The highest BCUT2D eigenvalue weighted by Gasteiger charge is 2.07. The summed E-state index contributed by atoms with van der Waals surface area (Å²) in [4.78, 5) is 11.6. The lowest BCUT2D eigenvalue weighted by Gasteiger charge is -2.08. The first-order valence-electron chi connectivity index (χ1n) is 5.85. The van der Waals surface area contributed by atoms with Crippen LogP contribution in [-0.2, 0) is 0 Å². The zero-order chi connectivity index (χ0) is 13.8. The molecule has 0 aliphatic rings. The van der Waals surface area contributed by atoms with E-state index in [2.05, 4.69) is 5.32 Å². The van der Waals surface area contributed by atoms with Crippen LogP contribution in [0.15, 0.2) is 42.5 Å². The van der Waals surface area contributed by atoms with Crippen molar-refractivity contribution in [3.8, 4) is 22.6 Å². The van der Waals surface area contributed by atoms with E-state index >= 15 is 0 Å². The van der Waals surface area contributed by atoms with Crippen LogP contribution >= 0.6 is 0 Å². The molecule has 2 N–H and O–H groups in total. The Morgan fingerprint density at radius 3 is 2.58 bits per heavy atom. The number of amides is 1. The van der Waals surface area contributed by atoms with E-state index in [1.807, 2.05) is 12.1 Å². The average molecular weight is 257 g/mol. The van der Waals surface area contributed by atoms with Gasteiger partial charge in [-0.15, -0.1) is 0 Å². The van der Waals surface area contributed by atoms with Gasteiger partial charge in [0.15, 0.2) is 11.5 Å². The molecule has 98 valence electrons. The number of phenolic OH excluding ortho intramolecular Hbond substituents is 1. The molecule has 0 spiro atoms. The number of nitrogens with one attached hydrogen (secondary N) is 1. The molecule has 0 heterocycles. The summed E-state index contributed by atoms with van der Waals surface area (Å²) in [7, 11) is 3.10. The fourth-order valence-corrected chi connectivity index (χ4v) is 1.84. The molecular formula is C15H15NO3. The van der Waals surface area contributed by atoms with E-state index in [4.69, 9.17) is 4.74 Å². The quantitative estimate of drug-likeness (QED) is 0.887. The van der Waals surface area contributed by atoms with E-state index in [0.717, 1.165) is 11.1 Å². The smallest absolute Gasteiger partial charge is 0.251 e. The Bertz CT molecular complexity index is 608. The van der Waals surface area contributed by atoms with E-state index < -0.39 is 0 Å². The molecule has 4 nitrogen and oxygen atoms in total. The van der Waals surface area contributed by atoms with Crippen LogP contribution < -0.4 is 10.1 Å². The number of benzene rings is 2. The molecule has 2 aromatic rings. The van der Waals surface area contributed by atoms with Gasteiger partial charge in [0.05, 0.1) is 7.11 Å². The Morgan fingerprint density at radius 2 is 1.89 bits per heavy atom. The minimum atomic E-state index is -0.132. The van der Waals surface area contributed by atoms with Crippen LogP contribution in [0, 0.1) is 0 Å². The number of rotatable bonds is 3. The number of hydrogen-bond acceptors (Lipinski definition) is 3. The predicted octanol–water partition coefficient (Wildman–Crippen LogP) is 2.43. The molecular weight excluding hydrogens is 242 g/mol. The third-order valence-corrected chi connectivity index (χ3v) is 2.86. The second kappa shape index (κ2) is 5.44. The van der Waals surface area contributed by atoms with Crippen molar-refractivity contribution < 1.29 is 14.6 Å². The van der Waals surface area contributed by atoms with E-state index in [-0.39, 0.29) is 11.7 Å². The fraction of sp³-hybridized carbons (Fsp3) is 0.133. The second-order valence-corrected chi connectivity index (χ2v) is 4.05. The Kier molecular flexibility index (Phi) is 3.71. The van der Waals surface area contributed by atoms with Crippen LogP contribution in [0.3, 0.4) is 0 Å². The highest BCUT2D eigenvalue weighted by Crippen LogP contribution is 2.31. The second-order valence-electron chi connectivity index (χ2n) is 4.05. The molecule has 0 aromatic heterocycles. The summed E-state index contributed by atoms with van der Waals surface area (Å²) < 4.78 is 5.08. The van der Waals surface area contributed by atoms with Gasteiger partial charge in [-0.05, 0) is 35.4 Å². The summed E-state index contributed by atoms with van der Waals surface area (Å²) in [6, 6.07) is 12.3. The Labute approximate surface area is 111 Å². The van der Waals surface area contributed by atoms with Gasteiger partial charge in [-0.1, -0.05) is 18.2 Å². The average Bonchev–Trinajstić information content (AvgIpc) is 2.47. The van der Waals surface area contributed by atoms with Gasteiger partial charge in [0.25, 0.3) is 5.91 Å². The van der Waals surface area contributed by atoms with Crippen molar-refractivity contribution in [2.24, 2.45) is 0 Å². The number of carbonyl (C=O) groups excluding carboxylic acids is 1. The topological polar surface area (TPSA) is 58.6 Å². The van der Waals surface area contributed by atoms with Gasteiger partial charge in [-0.3, -0.25) is 4.79 Å². The lowest BCUT2D eigenvalue weighted by Crippen LogP contribution is -2.17. The zero-order valence-electron chi connectivity index (χ0n) is 10.8. The third-order valence-electron chi connectivity index (χ3n) is 2.86. The Morgan fingerprint density at radius 1 is 1.16 bits per heavy atom. The number of hydrogen-bond donors (Lipinski definition) is 2. The molecule has 0 saturated heterocycles. The maximum atomic E-state index is 11.6. The van der Waals surface area contributed by atoms with Crippen molar-refractivity contribution >= 4 is 5.91 Å². The summed E-state index contributed by atoms with van der Waals surface area (Å²) in [5.41, 5.74) is 2.35. The van der Waals surface area contributed by atoms with E-state index in [1.54, 1.807) is 37.4 Å². The molecule has 1 amide bonds. The minimum Gasteiger partial charge on any atom is -0.504 e. The monoisotopic (exact) mass is 257 g/mol. The van der Waals surface area contributed by atoms with Gasteiger partial charge < -0.3 is 15.2 Å². The summed E-state index contributed by atoms with van der Waals surface area (Å²) in [5, 5.41) is 12.2. The van der Waals surface area contributed by atoms with Crippen LogP contribution in [0.2, 0.25) is 0 Å². The standard InChI is InChI=1S/C15H15NO3/c1-16-15(18)12-5-3-4-10(8-12)11-6-7-13(17)14(9-11)19-2/h3-9,17H,1-2H3,(H,16,18). The van der Waals surface area contributed by atoms with Crippen LogP contribution in [-0.4, -0.2) is 25.2 Å². The maximum absolute atomic E-state index is 11.6. The van der Waals surface area contributed by atoms with Gasteiger partial charge in [0, 0.05) is 12.6 Å². The molecule has 0 bridgehead atoms. The number of aromatic hydroxyl groups is 1. The van der Waals surface area contributed by atoms with Crippen molar-refractivity contribution in [3.05, 3.63) is 48.0 Å². The Balaban J connectivity index is 2.44. The molecule has 4 heteroatoms. The van der Waals surface area contributed by atoms with E-state index in [1.165, 1.54) is 7.11 Å². The highest BCUT2D eigenvalue weighted by molar-refractivity contribution is 5.95. The number of methoxy groups -OCH3 is 1. The van der Waals surface area contributed by atoms with Crippen molar-refractivity contribution in [3.63, 3.8) is 0 Å². The lowest BCUT2D eigenvalue weighted by molar-refractivity contribution is 0.0963. The van der Waals surface area contributed by atoms with Crippen LogP contribution in [0.25, 0.3) is 11.1 Å². The molecule has 0 atom stereocenters. The van der Waals surface area contributed by atoms with Gasteiger partial charge in [0.2, 0.25) is 0 Å². The zero-order valence-corrected chi connectivity index (χ0v) is 10.8. The fourth-order valence-electron chi connectivity index (χ4n) is 1.84. The number of ether oxygens (including phenoxy) is 1. The summed E-state index contributed by atoms with van der Waals surface area (Å²) in [6.45, 7) is 0. The molecule has 0 radical (unpaired) electrons. The Hall–Kier alpha value is -2.49. The first-order valence-corrected chi connectivity index (χ1v) is 5.85. The van der Waals surface area contributed by atoms with Crippen molar-refractivity contribution in [2.45, 2.75) is 0 Å². The molecule has 0 saturated carbocycles.